The Labute approximate surface area is 192 Å². The molecule has 0 bridgehead atoms. The van der Waals surface area contributed by atoms with Gasteiger partial charge in [0.05, 0.1) is 35.7 Å². The molecular weight excluding hydrogens is 423 g/mol. The van der Waals surface area contributed by atoms with Gasteiger partial charge in [0.25, 0.3) is 5.91 Å². The molecule has 0 radical (unpaired) electrons. The Bertz CT molecular complexity index is 1170. The number of benzene rings is 1. The lowest BCUT2D eigenvalue weighted by atomic mass is 9.93. The molecule has 1 amide bonds. The number of hydrogen-bond donors (Lipinski definition) is 2. The molecule has 1 fully saturated rings. The van der Waals surface area contributed by atoms with E-state index in [0.29, 0.717) is 25.0 Å². The van der Waals surface area contributed by atoms with Gasteiger partial charge < -0.3 is 15.2 Å². The van der Waals surface area contributed by atoms with E-state index < -0.39 is 23.9 Å². The number of aliphatic hydroxyl groups is 1. The van der Waals surface area contributed by atoms with E-state index in [1.165, 1.54) is 0 Å². The van der Waals surface area contributed by atoms with Crippen molar-refractivity contribution >= 4 is 5.91 Å². The van der Waals surface area contributed by atoms with E-state index in [2.05, 4.69) is 15.4 Å². The Morgan fingerprint density at radius 2 is 2.09 bits per heavy atom. The Kier molecular flexibility index (Phi) is 6.58. The maximum Gasteiger partial charge on any atom is 0.254 e. The molecule has 0 spiro atoms. The summed E-state index contributed by atoms with van der Waals surface area (Å²) in [5.74, 6) is -1.09. The fourth-order valence-corrected chi connectivity index (χ4v) is 4.17. The van der Waals surface area contributed by atoms with Crippen molar-refractivity contribution < 1.29 is 19.0 Å². The molecule has 2 aromatic heterocycles. The van der Waals surface area contributed by atoms with Crippen LogP contribution < -0.4 is 5.32 Å². The number of nitrogens with zero attached hydrogens (tertiary/aromatic N) is 3. The summed E-state index contributed by atoms with van der Waals surface area (Å²) >= 11 is 0. The minimum atomic E-state index is -0.704. The first-order chi connectivity index (χ1) is 15.7. The summed E-state index contributed by atoms with van der Waals surface area (Å²) in [6.45, 7) is 6.13. The topological polar surface area (TPSA) is 89.3 Å². The number of aryl methyl sites for hydroxylation is 2. The van der Waals surface area contributed by atoms with Crippen LogP contribution in [-0.2, 0) is 18.2 Å². The molecule has 3 aromatic rings. The summed E-state index contributed by atoms with van der Waals surface area (Å²) in [6, 6.07) is 4.98. The zero-order chi connectivity index (χ0) is 23.7. The number of pyridine rings is 1. The van der Waals surface area contributed by atoms with Gasteiger partial charge in [-0.1, -0.05) is 6.07 Å². The van der Waals surface area contributed by atoms with Crippen LogP contribution in [0.25, 0.3) is 11.3 Å². The van der Waals surface area contributed by atoms with E-state index in [1.807, 2.05) is 39.2 Å². The van der Waals surface area contributed by atoms with E-state index in [-0.39, 0.29) is 12.2 Å². The van der Waals surface area contributed by atoms with Gasteiger partial charge in [0, 0.05) is 31.6 Å². The third-order valence-electron chi connectivity index (χ3n) is 6.32. The lowest BCUT2D eigenvalue weighted by Crippen LogP contribution is -2.49. The Balaban J connectivity index is 1.57. The molecular formula is C25H29FN4O3. The summed E-state index contributed by atoms with van der Waals surface area (Å²) in [7, 11) is 1.88. The van der Waals surface area contributed by atoms with Gasteiger partial charge in [0.2, 0.25) is 0 Å². The maximum atomic E-state index is 15.0. The molecule has 8 heteroatoms. The predicted octanol–water partition coefficient (Wildman–Crippen LogP) is 3.02. The number of aromatic nitrogens is 3. The van der Waals surface area contributed by atoms with Crippen molar-refractivity contribution in [1.82, 2.24) is 20.1 Å². The second-order valence-corrected chi connectivity index (χ2v) is 8.69. The van der Waals surface area contributed by atoms with Crippen LogP contribution in [0.3, 0.4) is 0 Å². The SMILES string of the molecule is Cc1nn(C)cc1-c1ccc(Cc2cc(C(=O)N[C@H]3COCC[C@@H]3O)c(F)c(C)c2C)cn1. The van der Waals surface area contributed by atoms with Crippen LogP contribution >= 0.6 is 0 Å². The molecule has 1 aliphatic rings. The van der Waals surface area contributed by atoms with Gasteiger partial charge in [-0.05, 0) is 68.0 Å². The summed E-state index contributed by atoms with van der Waals surface area (Å²) < 4.78 is 22.1. The minimum Gasteiger partial charge on any atom is -0.391 e. The number of carbonyl (C=O) groups is 1. The normalized spacial score (nSPS) is 18.4. The van der Waals surface area contributed by atoms with Crippen molar-refractivity contribution in [2.75, 3.05) is 13.2 Å². The highest BCUT2D eigenvalue weighted by molar-refractivity contribution is 5.95. The summed E-state index contributed by atoms with van der Waals surface area (Å²) in [5.41, 5.74) is 5.75. The Hall–Kier alpha value is -3.10. The quantitative estimate of drug-likeness (QED) is 0.621. The molecule has 1 aliphatic heterocycles. The van der Waals surface area contributed by atoms with E-state index in [4.69, 9.17) is 4.74 Å². The van der Waals surface area contributed by atoms with Gasteiger partial charge in [-0.3, -0.25) is 14.5 Å². The van der Waals surface area contributed by atoms with Crippen molar-refractivity contribution in [3.05, 3.63) is 69.9 Å². The molecule has 1 saturated heterocycles. The van der Waals surface area contributed by atoms with E-state index in [1.54, 1.807) is 23.9 Å². The molecule has 2 N–H and O–H groups in total. The Morgan fingerprint density at radius 3 is 2.73 bits per heavy atom. The molecule has 0 unspecified atom stereocenters. The summed E-state index contributed by atoms with van der Waals surface area (Å²) in [6.07, 6.45) is 3.98. The second kappa shape index (κ2) is 9.41. The number of halogens is 1. The van der Waals surface area contributed by atoms with Gasteiger partial charge in [0.15, 0.2) is 0 Å². The van der Waals surface area contributed by atoms with E-state index in [9.17, 15) is 14.3 Å². The number of ether oxygens (including phenoxy) is 1. The average Bonchev–Trinajstić information content (AvgIpc) is 3.14. The molecule has 2 atom stereocenters. The second-order valence-electron chi connectivity index (χ2n) is 8.69. The van der Waals surface area contributed by atoms with E-state index in [0.717, 1.165) is 33.6 Å². The zero-order valence-electron chi connectivity index (χ0n) is 19.4. The summed E-state index contributed by atoms with van der Waals surface area (Å²) in [5, 5.41) is 17.2. The fraction of sp³-hybridized carbons (Fsp3) is 0.400. The number of nitrogens with one attached hydrogen (secondary N) is 1. The van der Waals surface area contributed by atoms with Gasteiger partial charge in [-0.2, -0.15) is 5.10 Å². The summed E-state index contributed by atoms with van der Waals surface area (Å²) in [4.78, 5) is 17.4. The van der Waals surface area contributed by atoms with Crippen LogP contribution in [0.4, 0.5) is 4.39 Å². The highest BCUT2D eigenvalue weighted by Crippen LogP contribution is 2.25. The molecule has 3 heterocycles. The van der Waals surface area contributed by atoms with Gasteiger partial charge in [-0.25, -0.2) is 4.39 Å². The molecule has 174 valence electrons. The smallest absolute Gasteiger partial charge is 0.254 e. The Morgan fingerprint density at radius 1 is 1.30 bits per heavy atom. The molecule has 7 nitrogen and oxygen atoms in total. The first kappa shape index (κ1) is 23.1. The predicted molar refractivity (Wildman–Crippen MR) is 123 cm³/mol. The van der Waals surface area contributed by atoms with Crippen molar-refractivity contribution in [1.29, 1.82) is 0 Å². The number of amides is 1. The third kappa shape index (κ3) is 4.82. The average molecular weight is 453 g/mol. The third-order valence-corrected chi connectivity index (χ3v) is 6.32. The lowest BCUT2D eigenvalue weighted by molar-refractivity contribution is -0.0140. The molecule has 4 rings (SSSR count). The monoisotopic (exact) mass is 452 g/mol. The minimum absolute atomic E-state index is 0.0264. The van der Waals surface area contributed by atoms with Crippen molar-refractivity contribution in [3.8, 4) is 11.3 Å². The van der Waals surface area contributed by atoms with Crippen LogP contribution in [0.15, 0.2) is 30.6 Å². The zero-order valence-corrected chi connectivity index (χ0v) is 19.4. The number of rotatable bonds is 5. The molecule has 0 aliphatic carbocycles. The highest BCUT2D eigenvalue weighted by atomic mass is 19.1. The van der Waals surface area contributed by atoms with E-state index >= 15 is 0 Å². The van der Waals surface area contributed by atoms with Gasteiger partial charge >= 0.3 is 0 Å². The fourth-order valence-electron chi connectivity index (χ4n) is 4.17. The molecule has 0 saturated carbocycles. The van der Waals surface area contributed by atoms with Gasteiger partial charge in [-0.15, -0.1) is 0 Å². The first-order valence-electron chi connectivity index (χ1n) is 11.1. The molecule has 1 aromatic carbocycles. The largest absolute Gasteiger partial charge is 0.391 e. The molecule has 33 heavy (non-hydrogen) atoms. The maximum absolute atomic E-state index is 15.0. The van der Waals surface area contributed by atoms with Crippen LogP contribution in [-0.4, -0.2) is 51.1 Å². The number of carbonyl (C=O) groups excluding carboxylic acids is 1. The van der Waals surface area contributed by atoms with Crippen LogP contribution in [0, 0.1) is 26.6 Å². The van der Waals surface area contributed by atoms with Crippen molar-refractivity contribution in [2.45, 2.75) is 45.8 Å². The van der Waals surface area contributed by atoms with Crippen molar-refractivity contribution in [2.24, 2.45) is 7.05 Å². The van der Waals surface area contributed by atoms with Crippen LogP contribution in [0.1, 0.15) is 44.7 Å². The van der Waals surface area contributed by atoms with Crippen LogP contribution in [0.2, 0.25) is 0 Å². The number of hydrogen-bond acceptors (Lipinski definition) is 5. The first-order valence-corrected chi connectivity index (χ1v) is 11.1. The highest BCUT2D eigenvalue weighted by Gasteiger charge is 2.27. The lowest BCUT2D eigenvalue weighted by Gasteiger charge is -2.28. The van der Waals surface area contributed by atoms with Gasteiger partial charge in [0.1, 0.15) is 5.82 Å². The van der Waals surface area contributed by atoms with Crippen LogP contribution in [0.5, 0.6) is 0 Å². The number of aliphatic hydroxyl groups excluding tert-OH is 1. The van der Waals surface area contributed by atoms with Crippen molar-refractivity contribution in [3.63, 3.8) is 0 Å². The standard InChI is InChI=1S/C25H29FN4O3/c1-14-15(2)24(26)19(25(32)28-22-13-33-8-7-23(22)31)10-18(14)9-17-5-6-21(27-11-17)20-12-30(4)29-16(20)3/h5-6,10-12,22-23,31H,7-9,13H2,1-4H3,(H,28,32)/t22-,23-/m0/s1.